The van der Waals surface area contributed by atoms with Crippen LogP contribution in [0.4, 0.5) is 0 Å². The lowest BCUT2D eigenvalue weighted by molar-refractivity contribution is -0.139. The van der Waals surface area contributed by atoms with E-state index in [1.165, 1.54) is 0 Å². The summed E-state index contributed by atoms with van der Waals surface area (Å²) in [6, 6.07) is 7.76. The minimum absolute atomic E-state index is 0.0672. The second kappa shape index (κ2) is 5.71. The smallest absolute Gasteiger partial charge is 0.325 e. The third-order valence-corrected chi connectivity index (χ3v) is 5.27. The molecule has 0 aliphatic carbocycles. The molecule has 0 saturated heterocycles. The van der Waals surface area contributed by atoms with Crippen molar-refractivity contribution in [3.05, 3.63) is 35.9 Å². The molecule has 1 aromatic carbocycles. The fraction of sp³-hybridized carbons (Fsp3) is 0.462. The molecule has 2 N–H and O–H groups in total. The Morgan fingerprint density at radius 2 is 1.84 bits per heavy atom. The van der Waals surface area contributed by atoms with Gasteiger partial charge in [-0.2, -0.15) is 0 Å². The highest BCUT2D eigenvalue weighted by Crippen LogP contribution is 2.18. The Morgan fingerprint density at radius 3 is 2.26 bits per heavy atom. The number of hydrogen-bond donors (Lipinski definition) is 2. The maximum Gasteiger partial charge on any atom is 0.325 e. The molecule has 1 rings (SSSR count). The third-order valence-electron chi connectivity index (χ3n) is 3.12. The number of rotatable bonds is 6. The number of carbonyl (C=O) groups is 1. The molecule has 0 aromatic heterocycles. The van der Waals surface area contributed by atoms with E-state index in [1.807, 2.05) is 0 Å². The Bertz CT molecular complexity index is 537. The van der Waals surface area contributed by atoms with Gasteiger partial charge in [-0.3, -0.25) is 10.1 Å². The van der Waals surface area contributed by atoms with Crippen LogP contribution in [0.3, 0.4) is 0 Å². The fourth-order valence-electron chi connectivity index (χ4n) is 1.47. The second-order valence-electron chi connectivity index (χ2n) is 5.09. The van der Waals surface area contributed by atoms with E-state index in [0.717, 1.165) is 6.26 Å². The number of sulfone groups is 1. The molecule has 0 bridgehead atoms. The molecule has 0 heterocycles. The Kier molecular flexibility index (Phi) is 4.70. The molecular formula is C13H19NO4S. The number of carboxylic acids is 1. The van der Waals surface area contributed by atoms with Gasteiger partial charge < -0.3 is 5.11 Å². The first-order chi connectivity index (χ1) is 8.65. The van der Waals surface area contributed by atoms with Crippen LogP contribution in [0.2, 0.25) is 0 Å². The van der Waals surface area contributed by atoms with Crippen molar-refractivity contribution in [1.29, 1.82) is 0 Å². The molecule has 6 heteroatoms. The molecule has 0 amide bonds. The van der Waals surface area contributed by atoms with Crippen LogP contribution in [-0.2, 0) is 14.6 Å². The molecule has 0 aliphatic heterocycles. The Balaban J connectivity index is 2.86. The van der Waals surface area contributed by atoms with E-state index in [0.29, 0.717) is 5.56 Å². The van der Waals surface area contributed by atoms with E-state index < -0.39 is 26.6 Å². The van der Waals surface area contributed by atoms with Gasteiger partial charge >= 0.3 is 5.97 Å². The van der Waals surface area contributed by atoms with Crippen molar-refractivity contribution in [3.8, 4) is 0 Å². The molecule has 1 unspecified atom stereocenters. The van der Waals surface area contributed by atoms with Gasteiger partial charge in [-0.1, -0.05) is 30.3 Å². The number of carboxylic acid groups (broad SMARTS) is 1. The van der Waals surface area contributed by atoms with Gasteiger partial charge in [-0.25, -0.2) is 8.42 Å². The summed E-state index contributed by atoms with van der Waals surface area (Å²) in [5.41, 5.74) is 0.597. The van der Waals surface area contributed by atoms with E-state index in [9.17, 15) is 18.3 Å². The van der Waals surface area contributed by atoms with E-state index in [-0.39, 0.29) is 6.54 Å². The predicted molar refractivity (Wildman–Crippen MR) is 73.7 cm³/mol. The molecule has 5 nitrogen and oxygen atoms in total. The first-order valence-electron chi connectivity index (χ1n) is 5.86. The Labute approximate surface area is 113 Å². The third kappa shape index (κ3) is 4.04. The van der Waals surface area contributed by atoms with Crippen molar-refractivity contribution in [2.24, 2.45) is 0 Å². The molecule has 1 atom stereocenters. The maximum atomic E-state index is 11.6. The largest absolute Gasteiger partial charge is 0.480 e. The molecule has 0 fully saturated rings. The summed E-state index contributed by atoms with van der Waals surface area (Å²) in [4.78, 5) is 11.3. The van der Waals surface area contributed by atoms with Gasteiger partial charge in [-0.05, 0) is 19.4 Å². The van der Waals surface area contributed by atoms with Crippen molar-refractivity contribution in [3.63, 3.8) is 0 Å². The molecule has 0 radical (unpaired) electrons. The van der Waals surface area contributed by atoms with Crippen molar-refractivity contribution in [2.45, 2.75) is 24.6 Å². The van der Waals surface area contributed by atoms with Gasteiger partial charge in [0.1, 0.15) is 6.04 Å². The lowest BCUT2D eigenvalue weighted by Gasteiger charge is -2.25. The predicted octanol–water partition coefficient (Wildman–Crippen LogP) is 1.23. The van der Waals surface area contributed by atoms with Gasteiger partial charge in [0.05, 0.1) is 4.75 Å². The summed E-state index contributed by atoms with van der Waals surface area (Å²) in [6.45, 7) is 3.20. The highest BCUT2D eigenvalue weighted by Gasteiger charge is 2.32. The van der Waals surface area contributed by atoms with Crippen LogP contribution >= 0.6 is 0 Å². The minimum Gasteiger partial charge on any atom is -0.480 e. The summed E-state index contributed by atoms with van der Waals surface area (Å²) < 4.78 is 22.2. The van der Waals surface area contributed by atoms with Crippen molar-refractivity contribution in [2.75, 3.05) is 12.8 Å². The molecule has 0 aliphatic rings. The molecular weight excluding hydrogens is 266 g/mol. The van der Waals surface area contributed by atoms with Crippen LogP contribution in [0.1, 0.15) is 25.5 Å². The van der Waals surface area contributed by atoms with Crippen LogP contribution in [0.5, 0.6) is 0 Å². The lowest BCUT2D eigenvalue weighted by Crippen LogP contribution is -2.44. The highest BCUT2D eigenvalue weighted by atomic mass is 32.2. The quantitative estimate of drug-likeness (QED) is 0.821. The zero-order valence-electron chi connectivity index (χ0n) is 11.3. The summed E-state index contributed by atoms with van der Waals surface area (Å²) >= 11 is 0. The first kappa shape index (κ1) is 15.7. The fourth-order valence-corrected chi connectivity index (χ4v) is 1.82. The monoisotopic (exact) mass is 285 g/mol. The number of aliphatic carboxylic acids is 1. The van der Waals surface area contributed by atoms with E-state index in [2.05, 4.69) is 5.32 Å². The summed E-state index contributed by atoms with van der Waals surface area (Å²) in [6.07, 6.45) is 1.15. The standard InChI is InChI=1S/C13H19NO4S/c1-13(2,19(3,17)18)9-14-11(12(15)16)10-7-5-4-6-8-10/h4-8,11,14H,9H2,1-3H3,(H,15,16). The summed E-state index contributed by atoms with van der Waals surface area (Å²) in [5, 5.41) is 12.0. The van der Waals surface area contributed by atoms with Crippen LogP contribution in [0, 0.1) is 0 Å². The minimum atomic E-state index is -3.26. The Morgan fingerprint density at radius 1 is 1.32 bits per heavy atom. The zero-order valence-corrected chi connectivity index (χ0v) is 12.1. The highest BCUT2D eigenvalue weighted by molar-refractivity contribution is 7.92. The van der Waals surface area contributed by atoms with Gasteiger partial charge in [0.2, 0.25) is 0 Å². The van der Waals surface area contributed by atoms with Crippen LogP contribution < -0.4 is 5.32 Å². The molecule has 106 valence electrons. The summed E-state index contributed by atoms with van der Waals surface area (Å²) in [7, 11) is -3.26. The normalized spacial score (nSPS) is 14.1. The van der Waals surface area contributed by atoms with Gasteiger partial charge in [-0.15, -0.1) is 0 Å². The molecule has 0 spiro atoms. The van der Waals surface area contributed by atoms with Crippen molar-refractivity contribution < 1.29 is 18.3 Å². The van der Waals surface area contributed by atoms with Gasteiger partial charge in [0.25, 0.3) is 0 Å². The van der Waals surface area contributed by atoms with Crippen LogP contribution in [0.15, 0.2) is 30.3 Å². The van der Waals surface area contributed by atoms with Crippen LogP contribution in [0.25, 0.3) is 0 Å². The average molecular weight is 285 g/mol. The number of benzene rings is 1. The molecule has 1 aromatic rings. The van der Waals surface area contributed by atoms with E-state index in [4.69, 9.17) is 0 Å². The summed E-state index contributed by atoms with van der Waals surface area (Å²) in [5.74, 6) is -1.03. The lowest BCUT2D eigenvalue weighted by atomic mass is 10.1. The first-order valence-corrected chi connectivity index (χ1v) is 7.75. The van der Waals surface area contributed by atoms with Gasteiger partial charge in [0, 0.05) is 12.8 Å². The maximum absolute atomic E-state index is 11.6. The van der Waals surface area contributed by atoms with E-state index >= 15 is 0 Å². The number of nitrogens with one attached hydrogen (secondary N) is 1. The molecule has 19 heavy (non-hydrogen) atoms. The number of hydrogen-bond acceptors (Lipinski definition) is 4. The zero-order chi connectivity index (χ0) is 14.7. The Hall–Kier alpha value is -1.40. The SMILES string of the molecule is CC(C)(CNC(C(=O)O)c1ccccc1)S(C)(=O)=O. The van der Waals surface area contributed by atoms with Gasteiger partial charge in [0.15, 0.2) is 9.84 Å². The van der Waals surface area contributed by atoms with Crippen molar-refractivity contribution in [1.82, 2.24) is 5.32 Å². The molecule has 0 saturated carbocycles. The van der Waals surface area contributed by atoms with Crippen molar-refractivity contribution >= 4 is 15.8 Å². The van der Waals surface area contributed by atoms with E-state index in [1.54, 1.807) is 44.2 Å². The topological polar surface area (TPSA) is 83.5 Å². The van der Waals surface area contributed by atoms with Crippen LogP contribution in [-0.4, -0.2) is 37.0 Å². The second-order valence-corrected chi connectivity index (χ2v) is 7.74. The average Bonchev–Trinajstić information content (AvgIpc) is 2.28.